The van der Waals surface area contributed by atoms with Crippen molar-refractivity contribution in [1.29, 1.82) is 5.26 Å². The Morgan fingerprint density at radius 2 is 1.92 bits per heavy atom. The van der Waals surface area contributed by atoms with Gasteiger partial charge in [0.15, 0.2) is 0 Å². The molecule has 6 rings (SSSR count). The lowest BCUT2D eigenvalue weighted by Gasteiger charge is -2.52. The van der Waals surface area contributed by atoms with Gasteiger partial charge in [-0.1, -0.05) is 6.07 Å². The highest BCUT2D eigenvalue weighted by Crippen LogP contribution is 2.45. The Hall–Kier alpha value is -3.65. The summed E-state index contributed by atoms with van der Waals surface area (Å²) in [6.45, 7) is 5.36. The number of fused-ring (bicyclic) bond motifs is 1. The van der Waals surface area contributed by atoms with Crippen LogP contribution < -0.4 is 0 Å². The Morgan fingerprint density at radius 1 is 1.13 bits per heavy atom. The number of aromatic amines is 1. The quantitative estimate of drug-likeness (QED) is 0.374. The van der Waals surface area contributed by atoms with Gasteiger partial charge in [-0.15, -0.1) is 0 Å². The topological polar surface area (TPSA) is 92.9 Å². The summed E-state index contributed by atoms with van der Waals surface area (Å²) in [5.41, 5.74) is 4.33. The first-order valence-corrected chi connectivity index (χ1v) is 13.5. The fourth-order valence-corrected chi connectivity index (χ4v) is 6.25. The summed E-state index contributed by atoms with van der Waals surface area (Å²) in [6.07, 6.45) is 9.54. The average Bonchev–Trinajstić information content (AvgIpc) is 3.56. The Labute approximate surface area is 227 Å². The minimum absolute atomic E-state index is 0.162. The predicted molar refractivity (Wildman–Crippen MR) is 147 cm³/mol. The Kier molecular flexibility index (Phi) is 6.89. The summed E-state index contributed by atoms with van der Waals surface area (Å²) in [5.74, 6) is -0.162. The van der Waals surface area contributed by atoms with Gasteiger partial charge in [0.2, 0.25) is 0 Å². The SMILES string of the molecule is CN(C)Cc1cc(F)cc(CN2CCN([C@H]3C[C@@](CC#N)(n4cc(-c5ncnc6[nH]ccc56)cn4)C3)CC2)c1. The van der Waals surface area contributed by atoms with Crippen molar-refractivity contribution < 1.29 is 4.39 Å². The molecule has 1 saturated heterocycles. The summed E-state index contributed by atoms with van der Waals surface area (Å²) >= 11 is 0. The van der Waals surface area contributed by atoms with E-state index in [4.69, 9.17) is 5.10 Å². The van der Waals surface area contributed by atoms with Crippen LogP contribution in [0.5, 0.6) is 0 Å². The second-order valence-electron chi connectivity index (χ2n) is 11.3. The summed E-state index contributed by atoms with van der Waals surface area (Å²) in [6, 6.07) is 10.2. The molecule has 2 fully saturated rings. The van der Waals surface area contributed by atoms with Gasteiger partial charge >= 0.3 is 0 Å². The van der Waals surface area contributed by atoms with Gasteiger partial charge in [0.25, 0.3) is 0 Å². The number of H-pyrrole nitrogens is 1. The van der Waals surface area contributed by atoms with E-state index in [1.54, 1.807) is 18.5 Å². The zero-order valence-corrected chi connectivity index (χ0v) is 22.5. The molecule has 4 aromatic rings. The van der Waals surface area contributed by atoms with Crippen molar-refractivity contribution in [1.82, 2.24) is 39.4 Å². The first kappa shape index (κ1) is 25.6. The van der Waals surface area contributed by atoms with Gasteiger partial charge in [-0.05, 0) is 56.3 Å². The van der Waals surface area contributed by atoms with Crippen LogP contribution in [0.15, 0.2) is 49.2 Å². The molecule has 1 saturated carbocycles. The molecule has 10 heteroatoms. The zero-order chi connectivity index (χ0) is 27.0. The molecule has 1 aromatic carbocycles. The number of aromatic nitrogens is 5. The molecule has 202 valence electrons. The third-order valence-corrected chi connectivity index (χ3v) is 8.18. The van der Waals surface area contributed by atoms with Crippen LogP contribution in [-0.2, 0) is 18.6 Å². The molecule has 2 aliphatic rings. The van der Waals surface area contributed by atoms with Crippen LogP contribution in [0.1, 0.15) is 30.4 Å². The van der Waals surface area contributed by atoms with Crippen LogP contribution in [0.4, 0.5) is 4.39 Å². The maximum absolute atomic E-state index is 14.2. The number of hydrogen-bond donors (Lipinski definition) is 1. The normalized spacial score (nSPS) is 22.3. The van der Waals surface area contributed by atoms with Crippen LogP contribution in [0.3, 0.4) is 0 Å². The molecule has 0 bridgehead atoms. The first-order chi connectivity index (χ1) is 18.9. The molecule has 1 aliphatic carbocycles. The predicted octanol–water partition coefficient (Wildman–Crippen LogP) is 3.61. The Morgan fingerprint density at radius 3 is 2.69 bits per heavy atom. The van der Waals surface area contributed by atoms with Crippen molar-refractivity contribution in [3.8, 4) is 17.3 Å². The molecule has 1 N–H and O–H groups in total. The summed E-state index contributed by atoms with van der Waals surface area (Å²) in [4.78, 5) is 18.9. The van der Waals surface area contributed by atoms with E-state index < -0.39 is 0 Å². The van der Waals surface area contributed by atoms with E-state index >= 15 is 0 Å². The minimum Gasteiger partial charge on any atom is -0.346 e. The Bertz CT molecular complexity index is 1490. The first-order valence-electron chi connectivity index (χ1n) is 13.5. The molecular formula is C29H34FN9. The second kappa shape index (κ2) is 10.5. The van der Waals surface area contributed by atoms with Crippen LogP contribution in [0.25, 0.3) is 22.3 Å². The monoisotopic (exact) mass is 527 g/mol. The maximum atomic E-state index is 14.2. The van der Waals surface area contributed by atoms with Gasteiger partial charge in [-0.3, -0.25) is 14.5 Å². The van der Waals surface area contributed by atoms with Crippen molar-refractivity contribution in [2.75, 3.05) is 40.3 Å². The summed E-state index contributed by atoms with van der Waals surface area (Å²) in [7, 11) is 4.00. The molecule has 0 unspecified atom stereocenters. The third kappa shape index (κ3) is 5.17. The lowest BCUT2D eigenvalue weighted by atomic mass is 9.70. The van der Waals surface area contributed by atoms with Gasteiger partial charge in [0, 0.05) is 68.7 Å². The van der Waals surface area contributed by atoms with Gasteiger partial charge in [0.1, 0.15) is 17.8 Å². The van der Waals surface area contributed by atoms with Crippen molar-refractivity contribution in [2.24, 2.45) is 0 Å². The van der Waals surface area contributed by atoms with E-state index in [-0.39, 0.29) is 11.4 Å². The zero-order valence-electron chi connectivity index (χ0n) is 22.5. The molecular weight excluding hydrogens is 493 g/mol. The fraction of sp³-hybridized carbons (Fsp3) is 0.448. The van der Waals surface area contributed by atoms with Crippen LogP contribution in [0, 0.1) is 17.1 Å². The second-order valence-corrected chi connectivity index (χ2v) is 11.3. The largest absolute Gasteiger partial charge is 0.346 e. The maximum Gasteiger partial charge on any atom is 0.141 e. The third-order valence-electron chi connectivity index (χ3n) is 8.18. The molecule has 4 heterocycles. The van der Waals surface area contributed by atoms with E-state index in [2.05, 4.69) is 41.8 Å². The molecule has 0 spiro atoms. The highest BCUT2D eigenvalue weighted by molar-refractivity contribution is 5.89. The lowest BCUT2D eigenvalue weighted by Crippen LogP contribution is -2.60. The number of rotatable bonds is 8. The number of nitrogens with zero attached hydrogens (tertiary/aromatic N) is 8. The molecule has 3 aromatic heterocycles. The fourth-order valence-electron chi connectivity index (χ4n) is 6.25. The van der Waals surface area contributed by atoms with Gasteiger partial charge < -0.3 is 9.88 Å². The molecule has 9 nitrogen and oxygen atoms in total. The number of nitriles is 1. The molecule has 0 radical (unpaired) electrons. The van der Waals surface area contributed by atoms with Gasteiger partial charge in [-0.25, -0.2) is 14.4 Å². The van der Waals surface area contributed by atoms with E-state index in [1.165, 1.54) is 0 Å². The van der Waals surface area contributed by atoms with Gasteiger partial charge in [-0.2, -0.15) is 10.4 Å². The lowest BCUT2D eigenvalue weighted by molar-refractivity contribution is -0.0191. The number of hydrogen-bond acceptors (Lipinski definition) is 7. The van der Waals surface area contributed by atoms with Crippen molar-refractivity contribution in [3.63, 3.8) is 0 Å². The van der Waals surface area contributed by atoms with E-state index in [9.17, 15) is 9.65 Å². The average molecular weight is 528 g/mol. The molecule has 39 heavy (non-hydrogen) atoms. The molecule has 0 atom stereocenters. The van der Waals surface area contributed by atoms with E-state index in [1.807, 2.05) is 43.4 Å². The molecule has 0 amide bonds. The minimum atomic E-state index is -0.288. The highest BCUT2D eigenvalue weighted by atomic mass is 19.1. The van der Waals surface area contributed by atoms with Crippen LogP contribution in [0.2, 0.25) is 0 Å². The Balaban J connectivity index is 1.08. The summed E-state index contributed by atoms with van der Waals surface area (Å²) < 4.78 is 16.2. The smallest absolute Gasteiger partial charge is 0.141 e. The highest BCUT2D eigenvalue weighted by Gasteiger charge is 2.49. The van der Waals surface area contributed by atoms with Gasteiger partial charge in [0.05, 0.1) is 29.9 Å². The summed E-state index contributed by atoms with van der Waals surface area (Å²) in [5, 5.41) is 15.3. The van der Waals surface area contributed by atoms with E-state index in [0.29, 0.717) is 12.5 Å². The van der Waals surface area contributed by atoms with Crippen LogP contribution in [-0.4, -0.2) is 85.7 Å². The van der Waals surface area contributed by atoms with Crippen LogP contribution >= 0.6 is 0 Å². The standard InChI is InChI=1S/C29H34FN9/c1-36(2)17-21-11-22(13-24(30)12-21)18-37-7-9-38(10-8-37)25-14-29(15-25,4-5-31)39-19-23(16-35-39)27-26-3-6-32-28(26)34-20-33-27/h3,6,11-13,16,19-20,25H,4,7-10,14-15,17-18H2,1-2H3,(H,32,33,34)/t25-,29+. The number of piperazine rings is 1. The van der Waals surface area contributed by atoms with Crippen molar-refractivity contribution in [2.45, 2.75) is 43.9 Å². The van der Waals surface area contributed by atoms with E-state index in [0.717, 1.165) is 85.5 Å². The number of benzene rings is 1. The number of halogens is 1. The number of nitrogens with one attached hydrogen (secondary N) is 1. The van der Waals surface area contributed by atoms with Crippen molar-refractivity contribution in [3.05, 3.63) is 66.1 Å². The molecule has 1 aliphatic heterocycles. The van der Waals surface area contributed by atoms with Crippen molar-refractivity contribution >= 4 is 11.0 Å².